The molecule has 0 spiro atoms. The molecule has 2 N–H and O–H groups in total. The van der Waals surface area contributed by atoms with E-state index in [0.29, 0.717) is 5.82 Å². The zero-order chi connectivity index (χ0) is 28.6. The lowest BCUT2D eigenvalue weighted by Crippen LogP contribution is -2.25. The van der Waals surface area contributed by atoms with Crippen molar-refractivity contribution in [3.8, 4) is 11.5 Å². The predicted octanol–water partition coefficient (Wildman–Crippen LogP) is 5.59. The Morgan fingerprint density at radius 1 is 1.05 bits per heavy atom. The van der Waals surface area contributed by atoms with Crippen LogP contribution in [0.3, 0.4) is 0 Å². The summed E-state index contributed by atoms with van der Waals surface area (Å²) < 4.78 is 14.2. The summed E-state index contributed by atoms with van der Waals surface area (Å²) in [7, 11) is 1.84. The van der Waals surface area contributed by atoms with E-state index in [4.69, 9.17) is 24.0 Å². The highest BCUT2D eigenvalue weighted by Gasteiger charge is 2.21. The largest absolute Gasteiger partial charge is 0.454 e. The van der Waals surface area contributed by atoms with Gasteiger partial charge in [0.2, 0.25) is 6.79 Å². The molecular formula is C27H31BrN6O4S. The smallest absolute Gasteiger partial charge is 0.231 e. The molecule has 0 saturated heterocycles. The molecule has 0 atom stereocenters. The van der Waals surface area contributed by atoms with Gasteiger partial charge in [0.05, 0.1) is 0 Å². The molecule has 2 aromatic heterocycles. The number of ether oxygens (including phenoxy) is 2. The molecule has 0 saturated carbocycles. The maximum absolute atomic E-state index is 8.00. The Bertz CT molecular complexity index is 1410. The van der Waals surface area contributed by atoms with Gasteiger partial charge in [-0.2, -0.15) is 0 Å². The average Bonchev–Trinajstić information content (AvgIpc) is 3.53. The number of benzene rings is 2. The predicted molar refractivity (Wildman–Crippen MR) is 157 cm³/mol. The number of aromatic nitrogens is 4. The van der Waals surface area contributed by atoms with E-state index in [2.05, 4.69) is 86.1 Å². The molecule has 4 aromatic rings. The first-order valence-electron chi connectivity index (χ1n) is 11.9. The number of fused-ring (bicyclic) bond motifs is 2. The van der Waals surface area contributed by atoms with Crippen molar-refractivity contribution >= 4 is 63.9 Å². The highest BCUT2D eigenvalue weighted by atomic mass is 79.9. The second-order valence-corrected chi connectivity index (χ2v) is 11.1. The highest BCUT2D eigenvalue weighted by Crippen LogP contribution is 2.43. The Labute approximate surface area is 240 Å². The van der Waals surface area contributed by atoms with Crippen molar-refractivity contribution in [1.29, 1.82) is 0 Å². The molecular weight excluding hydrogens is 584 g/mol. The third-order valence-electron chi connectivity index (χ3n) is 5.46. The van der Waals surface area contributed by atoms with Gasteiger partial charge in [0.1, 0.15) is 19.9 Å². The molecule has 1 aliphatic rings. The zero-order valence-electron chi connectivity index (χ0n) is 22.3. The number of halogens is 1. The lowest BCUT2D eigenvalue weighted by Gasteiger charge is -2.22. The van der Waals surface area contributed by atoms with Gasteiger partial charge in [0.25, 0.3) is 0 Å². The normalized spacial score (nSPS) is 11.7. The molecule has 12 heteroatoms. The summed E-state index contributed by atoms with van der Waals surface area (Å²) in [4.78, 5) is 30.8. The highest BCUT2D eigenvalue weighted by molar-refractivity contribution is 9.10. The van der Waals surface area contributed by atoms with E-state index in [1.165, 1.54) is 5.56 Å². The van der Waals surface area contributed by atoms with Crippen molar-refractivity contribution in [3.05, 3.63) is 52.8 Å². The number of carbonyl (C=O) groups is 2. The molecule has 0 radical (unpaired) electrons. The van der Waals surface area contributed by atoms with Crippen LogP contribution in [0.15, 0.2) is 57.3 Å². The van der Waals surface area contributed by atoms with Gasteiger partial charge in [0.15, 0.2) is 33.6 Å². The molecule has 0 amide bonds. The number of hydrogen-bond acceptors (Lipinski definition) is 10. The minimum atomic E-state index is 0.0249. The number of imidazole rings is 1. The molecule has 0 bridgehead atoms. The number of anilines is 2. The summed E-state index contributed by atoms with van der Waals surface area (Å²) in [5.41, 5.74) is 3.93. The van der Waals surface area contributed by atoms with Gasteiger partial charge in [-0.25, -0.2) is 15.0 Å². The molecule has 0 fully saturated rings. The van der Waals surface area contributed by atoms with E-state index in [0.717, 1.165) is 55.8 Å². The lowest BCUT2D eigenvalue weighted by molar-refractivity contribution is -0.0987. The van der Waals surface area contributed by atoms with Crippen LogP contribution in [0.5, 0.6) is 11.5 Å². The van der Waals surface area contributed by atoms with Crippen molar-refractivity contribution < 1.29 is 19.1 Å². The van der Waals surface area contributed by atoms with Crippen molar-refractivity contribution in [2.45, 2.75) is 49.3 Å². The van der Waals surface area contributed by atoms with Crippen LogP contribution in [0, 0.1) is 0 Å². The van der Waals surface area contributed by atoms with Gasteiger partial charge in [-0.05, 0) is 73.0 Å². The monoisotopic (exact) mass is 614 g/mol. The zero-order valence-corrected chi connectivity index (χ0v) is 24.7. The fraction of sp³-hybridized carbons (Fsp3) is 0.296. The fourth-order valence-corrected chi connectivity index (χ4v) is 5.39. The van der Waals surface area contributed by atoms with E-state index in [-0.39, 0.29) is 12.3 Å². The van der Waals surface area contributed by atoms with Gasteiger partial charge < -0.3 is 34.3 Å². The van der Waals surface area contributed by atoms with Crippen LogP contribution in [0.4, 0.5) is 11.5 Å². The van der Waals surface area contributed by atoms with Gasteiger partial charge in [0, 0.05) is 34.2 Å². The first-order valence-corrected chi connectivity index (χ1v) is 13.5. The standard InChI is InChI=1S/C25H27BrN6O2S.2CH2O/c1-25(2,3)31-16-7-5-15(6-8-16)9-10-32-23-21(22(27-4)28-13-29-23)30-24(32)35-20-12-19-18(11-17(20)26)33-14-34-19;2*1-2/h5-8,11-13,31H,9-10,14H2,1-4H3,(H,27,28,29);2*1H2. The van der Waals surface area contributed by atoms with Crippen molar-refractivity contribution in [2.75, 3.05) is 24.5 Å². The second kappa shape index (κ2) is 13.4. The van der Waals surface area contributed by atoms with Crippen LogP contribution in [0.1, 0.15) is 26.3 Å². The number of carbonyl (C=O) groups excluding carboxylic acids is 2. The molecule has 1 aliphatic heterocycles. The Morgan fingerprint density at radius 2 is 1.72 bits per heavy atom. The number of hydrogen-bond donors (Lipinski definition) is 2. The second-order valence-electron chi connectivity index (χ2n) is 9.25. The van der Waals surface area contributed by atoms with E-state index >= 15 is 0 Å². The molecule has 3 heterocycles. The van der Waals surface area contributed by atoms with E-state index in [1.807, 2.05) is 32.8 Å². The number of nitrogens with zero attached hydrogens (tertiary/aromatic N) is 4. The number of rotatable bonds is 7. The third-order valence-corrected chi connectivity index (χ3v) is 7.43. The Balaban J connectivity index is 0.00000100. The minimum Gasteiger partial charge on any atom is -0.454 e. The van der Waals surface area contributed by atoms with Gasteiger partial charge in [-0.3, -0.25) is 0 Å². The maximum Gasteiger partial charge on any atom is 0.231 e. The van der Waals surface area contributed by atoms with Crippen molar-refractivity contribution in [1.82, 2.24) is 19.5 Å². The molecule has 5 rings (SSSR count). The quantitative estimate of drug-likeness (QED) is 0.272. The van der Waals surface area contributed by atoms with Crippen LogP contribution in [0.25, 0.3) is 11.2 Å². The van der Waals surface area contributed by atoms with Crippen LogP contribution in [-0.4, -0.2) is 52.5 Å². The summed E-state index contributed by atoms with van der Waals surface area (Å²) in [5.74, 6) is 2.18. The van der Waals surface area contributed by atoms with Crippen molar-refractivity contribution in [2.24, 2.45) is 0 Å². The van der Waals surface area contributed by atoms with E-state index in [9.17, 15) is 0 Å². The topological polar surface area (TPSA) is 120 Å². The minimum absolute atomic E-state index is 0.0249. The van der Waals surface area contributed by atoms with Crippen LogP contribution < -0.4 is 20.1 Å². The summed E-state index contributed by atoms with van der Waals surface area (Å²) in [6.45, 7) is 11.4. The summed E-state index contributed by atoms with van der Waals surface area (Å²) >= 11 is 5.23. The molecule has 0 aliphatic carbocycles. The molecule has 39 heavy (non-hydrogen) atoms. The van der Waals surface area contributed by atoms with E-state index in [1.54, 1.807) is 18.1 Å². The van der Waals surface area contributed by atoms with Crippen LogP contribution in [0.2, 0.25) is 0 Å². The van der Waals surface area contributed by atoms with Gasteiger partial charge in [-0.1, -0.05) is 23.9 Å². The molecule has 10 nitrogen and oxygen atoms in total. The van der Waals surface area contributed by atoms with Gasteiger partial charge in [-0.15, -0.1) is 0 Å². The lowest BCUT2D eigenvalue weighted by atomic mass is 10.1. The average molecular weight is 616 g/mol. The van der Waals surface area contributed by atoms with Crippen LogP contribution in [-0.2, 0) is 22.6 Å². The van der Waals surface area contributed by atoms with Crippen LogP contribution >= 0.6 is 27.7 Å². The summed E-state index contributed by atoms with van der Waals surface area (Å²) in [6.07, 6.45) is 2.42. The summed E-state index contributed by atoms with van der Waals surface area (Å²) in [6, 6.07) is 12.5. The third kappa shape index (κ3) is 7.27. The first kappa shape index (κ1) is 29.9. The van der Waals surface area contributed by atoms with Crippen molar-refractivity contribution in [3.63, 3.8) is 0 Å². The number of nitrogens with one attached hydrogen (secondary N) is 2. The summed E-state index contributed by atoms with van der Waals surface area (Å²) in [5, 5.41) is 7.47. The number of aryl methyl sites for hydroxylation is 2. The van der Waals surface area contributed by atoms with E-state index < -0.39 is 0 Å². The Morgan fingerprint density at radius 3 is 2.36 bits per heavy atom. The SMILES string of the molecule is C=O.C=O.CNc1ncnc2c1nc(Sc1cc3c(cc1Br)OCO3)n2CCc1ccc(NC(C)(C)C)cc1. The fourth-order valence-electron chi connectivity index (χ4n) is 3.88. The van der Waals surface area contributed by atoms with Gasteiger partial charge >= 0.3 is 0 Å². The molecule has 2 aromatic carbocycles. The molecule has 0 unspecified atom stereocenters. The maximum atomic E-state index is 8.00. The Kier molecular flexibility index (Phi) is 10.3. The Hall–Kier alpha value is -3.64. The first-order chi connectivity index (χ1) is 18.8. The molecule has 206 valence electrons.